The fourth-order valence-corrected chi connectivity index (χ4v) is 6.15. The van der Waals surface area contributed by atoms with Gasteiger partial charge in [0.2, 0.25) is 0 Å². The van der Waals surface area contributed by atoms with E-state index in [1.807, 2.05) is 18.2 Å². The van der Waals surface area contributed by atoms with Crippen LogP contribution in [0.3, 0.4) is 0 Å². The molecule has 36 heavy (non-hydrogen) atoms. The maximum atomic E-state index is 11.0. The number of hydrogen-bond acceptors (Lipinski definition) is 2. The number of hydrogen-bond donors (Lipinski definition) is 0. The van der Waals surface area contributed by atoms with Gasteiger partial charge in [0, 0.05) is 32.7 Å². The molecule has 1 fully saturated rings. The predicted molar refractivity (Wildman–Crippen MR) is 156 cm³/mol. The van der Waals surface area contributed by atoms with Gasteiger partial charge in [-0.2, -0.15) is 0 Å². The normalized spacial score (nSPS) is 19.3. The van der Waals surface area contributed by atoms with E-state index in [0.717, 1.165) is 17.3 Å². The number of allylic oxidation sites excluding steroid dienone is 1. The van der Waals surface area contributed by atoms with Crippen LogP contribution in [0.4, 0.5) is 0 Å². The van der Waals surface area contributed by atoms with Crippen LogP contribution in [0, 0.1) is 0 Å². The maximum absolute atomic E-state index is 11.0. The van der Waals surface area contributed by atoms with Crippen LogP contribution in [0.15, 0.2) is 74.1 Å². The average Bonchev–Trinajstić information content (AvgIpc) is 3.15. The summed E-state index contributed by atoms with van der Waals surface area (Å²) >= 11 is 8.55. The summed E-state index contributed by atoms with van der Waals surface area (Å²) in [5.74, 6) is 0.326. The summed E-state index contributed by atoms with van der Waals surface area (Å²) in [6, 6.07) is 18.6. The van der Waals surface area contributed by atoms with Crippen LogP contribution in [0.25, 0.3) is 6.08 Å². The zero-order chi connectivity index (χ0) is 25.8. The number of Topliss-reactive ketones (excluding diaryl/α,β-unsaturated/α-hetero) is 1. The molecular formula is C27H21Br3Cl3IrO2. The predicted octanol–water partition coefficient (Wildman–Crippen LogP) is 9.65. The Balaban J connectivity index is 0.000000118. The van der Waals surface area contributed by atoms with Crippen LogP contribution >= 0.6 is 76.5 Å². The van der Waals surface area contributed by atoms with E-state index in [1.165, 1.54) is 42.3 Å². The van der Waals surface area contributed by atoms with Crippen LogP contribution in [0.5, 0.6) is 0 Å². The van der Waals surface area contributed by atoms with E-state index in [1.54, 1.807) is 0 Å². The molecule has 0 N–H and O–H groups in total. The average molecular weight is 916 g/mol. The number of rotatable bonds is 0. The Morgan fingerprint density at radius 1 is 0.806 bits per heavy atom. The molecule has 1 aliphatic heterocycles. The molecule has 3 aliphatic carbocycles. The SMILES string of the molecule is Brc1cccc2c1CC1OC21.Brc1cccc2c1CC=C2.O=C1Cc2cccc(Br)c2C1.[Cl][Ir]([Cl])[Cl]. The van der Waals surface area contributed by atoms with Crippen LogP contribution in [-0.2, 0) is 48.7 Å². The van der Waals surface area contributed by atoms with Crippen molar-refractivity contribution in [3.8, 4) is 0 Å². The summed E-state index contributed by atoms with van der Waals surface area (Å²) in [5.41, 5.74) is 7.98. The number of ether oxygens (including phenoxy) is 1. The van der Waals surface area contributed by atoms with E-state index in [2.05, 4.69) is 96.3 Å². The Kier molecular flexibility index (Phi) is 10.8. The number of carbonyl (C=O) groups excluding carboxylic acids is 1. The summed E-state index contributed by atoms with van der Waals surface area (Å²) in [6.07, 6.45) is 8.70. The van der Waals surface area contributed by atoms with Gasteiger partial charge in [-0.1, -0.05) is 96.3 Å². The summed E-state index contributed by atoms with van der Waals surface area (Å²) in [4.78, 5) is 11.0. The fraction of sp³-hybridized carbons (Fsp3) is 0.222. The number of carbonyl (C=O) groups is 1. The first-order valence-corrected chi connectivity index (χ1v) is 22.3. The third kappa shape index (κ3) is 7.55. The van der Waals surface area contributed by atoms with Crippen LogP contribution < -0.4 is 0 Å². The summed E-state index contributed by atoms with van der Waals surface area (Å²) in [7, 11) is 14.9. The van der Waals surface area contributed by atoms with Crippen LogP contribution in [0.1, 0.15) is 39.5 Å². The first-order chi connectivity index (χ1) is 17.2. The molecule has 4 aliphatic rings. The molecule has 0 amide bonds. The van der Waals surface area contributed by atoms with Crippen molar-refractivity contribution in [2.24, 2.45) is 0 Å². The monoisotopic (exact) mass is 912 g/mol. The molecular weight excluding hydrogens is 895 g/mol. The second kappa shape index (κ2) is 13.4. The van der Waals surface area contributed by atoms with Crippen molar-refractivity contribution in [2.45, 2.75) is 37.9 Å². The number of fused-ring (bicyclic) bond motifs is 5. The van der Waals surface area contributed by atoms with Gasteiger partial charge in [-0.15, -0.1) is 0 Å². The molecule has 192 valence electrons. The molecule has 1 heterocycles. The molecule has 2 atom stereocenters. The van der Waals surface area contributed by atoms with Crippen molar-refractivity contribution >= 4 is 88.4 Å². The Labute approximate surface area is 254 Å². The van der Waals surface area contributed by atoms with Gasteiger partial charge < -0.3 is 4.74 Å². The van der Waals surface area contributed by atoms with Crippen LogP contribution in [-0.4, -0.2) is 11.9 Å². The van der Waals surface area contributed by atoms with Gasteiger partial charge in [-0.05, 0) is 58.0 Å². The van der Waals surface area contributed by atoms with Gasteiger partial charge in [0.05, 0.1) is 6.10 Å². The molecule has 0 radical (unpaired) electrons. The molecule has 0 bridgehead atoms. The first kappa shape index (κ1) is 29.0. The minimum absolute atomic E-state index is 0.326. The number of ketones is 1. The van der Waals surface area contributed by atoms with Crippen molar-refractivity contribution < 1.29 is 23.0 Å². The third-order valence-electron chi connectivity index (χ3n) is 6.20. The molecule has 3 aromatic rings. The number of benzene rings is 3. The van der Waals surface area contributed by atoms with Gasteiger partial charge in [0.15, 0.2) is 0 Å². The van der Waals surface area contributed by atoms with Gasteiger partial charge >= 0.3 is 42.2 Å². The Morgan fingerprint density at radius 3 is 2.06 bits per heavy atom. The summed E-state index contributed by atoms with van der Waals surface area (Å²) in [5, 5.41) is 0. The Bertz CT molecular complexity index is 1300. The molecule has 7 rings (SSSR count). The number of epoxide rings is 1. The molecule has 2 nitrogen and oxygen atoms in total. The van der Waals surface area contributed by atoms with E-state index < -0.39 is 13.5 Å². The minimum atomic E-state index is -1.92. The van der Waals surface area contributed by atoms with Crippen molar-refractivity contribution in [2.75, 3.05) is 0 Å². The zero-order valence-corrected chi connectivity index (χ0v) is 28.2. The second-order valence-electron chi connectivity index (χ2n) is 8.43. The Hall–Kier alpha value is -0.0106. The second-order valence-corrected chi connectivity index (χ2v) is 21.4. The van der Waals surface area contributed by atoms with Crippen molar-refractivity contribution in [3.05, 3.63) is 107 Å². The zero-order valence-electron chi connectivity index (χ0n) is 18.8. The fourth-order valence-electron chi connectivity index (χ4n) is 4.52. The quantitative estimate of drug-likeness (QED) is 0.211. The van der Waals surface area contributed by atoms with Gasteiger partial charge in [-0.25, -0.2) is 0 Å². The van der Waals surface area contributed by atoms with Gasteiger partial charge in [0.1, 0.15) is 11.9 Å². The van der Waals surface area contributed by atoms with E-state index in [4.69, 9.17) is 33.5 Å². The van der Waals surface area contributed by atoms with Crippen LogP contribution in [0.2, 0.25) is 0 Å². The third-order valence-corrected chi connectivity index (χ3v) is 8.43. The molecule has 0 spiro atoms. The first-order valence-electron chi connectivity index (χ1n) is 11.0. The molecule has 1 saturated heterocycles. The van der Waals surface area contributed by atoms with Crippen molar-refractivity contribution in [1.29, 1.82) is 0 Å². The number of halogens is 6. The van der Waals surface area contributed by atoms with Gasteiger partial charge in [-0.3, -0.25) is 4.79 Å². The van der Waals surface area contributed by atoms with Gasteiger partial charge in [0.25, 0.3) is 0 Å². The van der Waals surface area contributed by atoms with E-state index in [0.29, 0.717) is 30.8 Å². The van der Waals surface area contributed by atoms with E-state index >= 15 is 0 Å². The van der Waals surface area contributed by atoms with E-state index in [9.17, 15) is 4.79 Å². The van der Waals surface area contributed by atoms with E-state index in [-0.39, 0.29) is 0 Å². The van der Waals surface area contributed by atoms with Crippen molar-refractivity contribution in [3.63, 3.8) is 0 Å². The Morgan fingerprint density at radius 2 is 1.42 bits per heavy atom. The molecule has 2 unspecified atom stereocenters. The molecule has 3 aromatic carbocycles. The summed E-state index contributed by atoms with van der Waals surface area (Å²) < 4.78 is 8.96. The molecule has 0 aromatic heterocycles. The summed E-state index contributed by atoms with van der Waals surface area (Å²) in [6.45, 7) is 0. The standard InChI is InChI=1S/2C9H7BrO.C9H7Br.3ClH.Ir/c10-7-3-1-2-5-6(7)4-8-9(5)11-8;10-9-3-1-2-6-4-7(11)5-8(6)9;10-9-6-2-4-7-3-1-5-8(7)9;;;;/h1-3,8-9H,4H2;1-3H,4-5H2;1-4,6H,5H2;3*1H;/q;;;;;;+3/p-3. The van der Waals surface area contributed by atoms with Crippen molar-refractivity contribution in [1.82, 2.24) is 0 Å². The topological polar surface area (TPSA) is 29.6 Å². The molecule has 9 heteroatoms. The molecule has 0 saturated carbocycles.